The van der Waals surface area contributed by atoms with Crippen LogP contribution in [-0.2, 0) is 19.1 Å². The van der Waals surface area contributed by atoms with Gasteiger partial charge in [0.25, 0.3) is 0 Å². The quantitative estimate of drug-likeness (QED) is 0.327. The maximum absolute atomic E-state index is 11.7. The second-order valence-corrected chi connectivity index (χ2v) is 5.01. The Morgan fingerprint density at radius 1 is 0.920 bits per heavy atom. The minimum atomic E-state index is -0.639. The topological polar surface area (TPSA) is 78.9 Å². The van der Waals surface area contributed by atoms with Crippen LogP contribution in [0.15, 0.2) is 61.4 Å². The van der Waals surface area contributed by atoms with Gasteiger partial charge >= 0.3 is 17.9 Å². The van der Waals surface area contributed by atoms with E-state index in [9.17, 15) is 14.4 Å². The van der Waals surface area contributed by atoms with Crippen LogP contribution < -0.4 is 9.47 Å². The van der Waals surface area contributed by atoms with Crippen LogP contribution >= 0.6 is 0 Å². The van der Waals surface area contributed by atoms with Crippen molar-refractivity contribution in [1.82, 2.24) is 0 Å². The molecule has 0 spiro atoms. The molecule has 25 heavy (non-hydrogen) atoms. The summed E-state index contributed by atoms with van der Waals surface area (Å²) in [4.78, 5) is 34.7. The maximum atomic E-state index is 11.7. The summed E-state index contributed by atoms with van der Waals surface area (Å²) in [7, 11) is 0. The lowest BCUT2D eigenvalue weighted by Gasteiger charge is -2.09. The van der Waals surface area contributed by atoms with Gasteiger partial charge in [0.2, 0.25) is 0 Å². The Bertz CT molecular complexity index is 724. The maximum Gasteiger partial charge on any atom is 0.338 e. The van der Waals surface area contributed by atoms with E-state index in [4.69, 9.17) is 9.47 Å². The number of rotatable bonds is 7. The van der Waals surface area contributed by atoms with Gasteiger partial charge in [-0.1, -0.05) is 19.7 Å². The molecule has 0 amide bonds. The first-order valence-corrected chi connectivity index (χ1v) is 7.13. The molecule has 0 saturated carbocycles. The van der Waals surface area contributed by atoms with E-state index < -0.39 is 17.9 Å². The van der Waals surface area contributed by atoms with Gasteiger partial charge in [-0.3, -0.25) is 0 Å². The monoisotopic (exact) mass is 342 g/mol. The fraction of sp³-hybridized carbons (Fsp3) is 0.105. The molecule has 0 bridgehead atoms. The van der Waals surface area contributed by atoms with E-state index in [1.165, 1.54) is 38.1 Å². The van der Waals surface area contributed by atoms with Crippen molar-refractivity contribution in [2.24, 2.45) is 0 Å². The van der Waals surface area contributed by atoms with Crippen molar-refractivity contribution in [3.05, 3.63) is 67.0 Å². The van der Waals surface area contributed by atoms with E-state index in [-0.39, 0.29) is 22.6 Å². The minimum absolute atomic E-state index is 0.122. The zero-order chi connectivity index (χ0) is 19.0. The number of hydrogen-bond acceptors (Lipinski definition) is 6. The Balaban J connectivity index is 3.16. The van der Waals surface area contributed by atoms with Gasteiger partial charge in [0.1, 0.15) is 11.5 Å². The first-order valence-electron chi connectivity index (χ1n) is 7.13. The summed E-state index contributed by atoms with van der Waals surface area (Å²) in [6.45, 7) is 13.3. The summed E-state index contributed by atoms with van der Waals surface area (Å²) >= 11 is 0. The number of esters is 3. The molecule has 6 nitrogen and oxygen atoms in total. The molecule has 0 unspecified atom stereocenters. The lowest BCUT2D eigenvalue weighted by atomic mass is 10.2. The summed E-state index contributed by atoms with van der Waals surface area (Å²) in [5, 5.41) is 0. The van der Waals surface area contributed by atoms with Crippen molar-refractivity contribution in [3.63, 3.8) is 0 Å². The van der Waals surface area contributed by atoms with Gasteiger partial charge in [0, 0.05) is 23.3 Å². The number of ether oxygens (including phenoxy) is 3. The van der Waals surface area contributed by atoms with Crippen LogP contribution in [0.2, 0.25) is 0 Å². The summed E-state index contributed by atoms with van der Waals surface area (Å²) in [6, 6.07) is 4.33. The molecule has 0 heterocycles. The molecule has 0 aliphatic carbocycles. The minimum Gasteiger partial charge on any atom is -0.432 e. The molecule has 1 rings (SSSR count). The average Bonchev–Trinajstić information content (AvgIpc) is 2.52. The van der Waals surface area contributed by atoms with Crippen LogP contribution in [0.1, 0.15) is 19.4 Å². The van der Waals surface area contributed by atoms with Gasteiger partial charge in [0.05, 0.1) is 6.26 Å². The van der Waals surface area contributed by atoms with E-state index in [2.05, 4.69) is 24.5 Å². The van der Waals surface area contributed by atoms with Crippen molar-refractivity contribution >= 4 is 24.0 Å². The molecule has 0 fully saturated rings. The third-order valence-corrected chi connectivity index (χ3v) is 2.63. The number of hydrogen-bond donors (Lipinski definition) is 0. The number of benzene rings is 1. The highest BCUT2D eigenvalue weighted by Crippen LogP contribution is 2.25. The fourth-order valence-electron chi connectivity index (χ4n) is 1.48. The SMILES string of the molecule is C=COC(=O)C=Cc1cc(OC(=O)C(=C)C)cc(OC(=O)C(=C)C)c1. The Morgan fingerprint density at radius 3 is 1.80 bits per heavy atom. The zero-order valence-electron chi connectivity index (χ0n) is 14.0. The predicted molar refractivity (Wildman–Crippen MR) is 92.7 cm³/mol. The van der Waals surface area contributed by atoms with E-state index in [0.29, 0.717) is 5.56 Å². The van der Waals surface area contributed by atoms with Crippen LogP contribution in [0.5, 0.6) is 11.5 Å². The highest BCUT2D eigenvalue weighted by Gasteiger charge is 2.11. The van der Waals surface area contributed by atoms with E-state index in [1.54, 1.807) is 0 Å². The van der Waals surface area contributed by atoms with Crippen LogP contribution in [-0.4, -0.2) is 17.9 Å². The second kappa shape index (κ2) is 9.02. The molecule has 6 heteroatoms. The molecule has 0 radical (unpaired) electrons. The van der Waals surface area contributed by atoms with Gasteiger partial charge < -0.3 is 14.2 Å². The Labute approximate surface area is 145 Å². The first-order chi connectivity index (χ1) is 11.7. The zero-order valence-corrected chi connectivity index (χ0v) is 14.0. The molecular weight excluding hydrogens is 324 g/mol. The highest BCUT2D eigenvalue weighted by atomic mass is 16.5. The van der Waals surface area contributed by atoms with Gasteiger partial charge in [-0.15, -0.1) is 0 Å². The van der Waals surface area contributed by atoms with E-state index in [1.807, 2.05) is 0 Å². The van der Waals surface area contributed by atoms with Crippen LogP contribution in [0, 0.1) is 0 Å². The third-order valence-electron chi connectivity index (χ3n) is 2.63. The second-order valence-electron chi connectivity index (χ2n) is 5.01. The largest absolute Gasteiger partial charge is 0.432 e. The normalized spacial score (nSPS) is 10.0. The molecule has 130 valence electrons. The fourth-order valence-corrected chi connectivity index (χ4v) is 1.48. The van der Waals surface area contributed by atoms with Gasteiger partial charge in [-0.25, -0.2) is 14.4 Å². The molecular formula is C19H18O6. The number of carbonyl (C=O) groups is 3. The molecule has 0 saturated heterocycles. The third kappa shape index (κ3) is 6.70. The van der Waals surface area contributed by atoms with Crippen molar-refractivity contribution < 1.29 is 28.6 Å². The molecule has 1 aromatic carbocycles. The molecule has 0 atom stereocenters. The Kier molecular flexibility index (Phi) is 7.09. The lowest BCUT2D eigenvalue weighted by molar-refractivity contribution is -0.132. The first kappa shape index (κ1) is 19.6. The number of carbonyl (C=O) groups excluding carboxylic acids is 3. The van der Waals surface area contributed by atoms with Gasteiger partial charge in [-0.2, -0.15) is 0 Å². The van der Waals surface area contributed by atoms with Crippen molar-refractivity contribution in [3.8, 4) is 11.5 Å². The van der Waals surface area contributed by atoms with Crippen molar-refractivity contribution in [2.75, 3.05) is 0 Å². The van der Waals surface area contributed by atoms with Gasteiger partial charge in [-0.05, 0) is 37.6 Å². The highest BCUT2D eigenvalue weighted by molar-refractivity contribution is 5.90. The Hall–Kier alpha value is -3.41. The van der Waals surface area contributed by atoms with Crippen LogP contribution in [0.4, 0.5) is 0 Å². The van der Waals surface area contributed by atoms with E-state index in [0.717, 1.165) is 12.3 Å². The smallest absolute Gasteiger partial charge is 0.338 e. The summed E-state index contributed by atoms with van der Waals surface area (Å²) in [5.74, 6) is -1.66. The molecule has 1 aromatic rings. The summed E-state index contributed by atoms with van der Waals surface area (Å²) in [5.41, 5.74) is 0.851. The molecule has 0 N–H and O–H groups in total. The summed E-state index contributed by atoms with van der Waals surface area (Å²) < 4.78 is 14.8. The summed E-state index contributed by atoms with van der Waals surface area (Å²) in [6.07, 6.45) is 3.55. The molecule has 0 aromatic heterocycles. The lowest BCUT2D eigenvalue weighted by Crippen LogP contribution is -2.10. The predicted octanol–water partition coefficient (Wildman–Crippen LogP) is 3.35. The van der Waals surface area contributed by atoms with Gasteiger partial charge in [0.15, 0.2) is 0 Å². The standard InChI is InChI=1S/C19H18O6/c1-6-23-17(20)8-7-14-9-15(24-18(21)12(2)3)11-16(10-14)25-19(22)13(4)5/h6-11H,1-2,4H2,3,5H3. The van der Waals surface area contributed by atoms with Crippen molar-refractivity contribution in [1.29, 1.82) is 0 Å². The van der Waals surface area contributed by atoms with Crippen molar-refractivity contribution in [2.45, 2.75) is 13.8 Å². The van der Waals surface area contributed by atoms with Crippen LogP contribution in [0.3, 0.4) is 0 Å². The van der Waals surface area contributed by atoms with Crippen LogP contribution in [0.25, 0.3) is 6.08 Å². The average molecular weight is 342 g/mol. The van der Waals surface area contributed by atoms with E-state index >= 15 is 0 Å². The molecule has 0 aliphatic heterocycles. The molecule has 0 aliphatic rings. The Morgan fingerprint density at radius 2 is 1.40 bits per heavy atom.